The van der Waals surface area contributed by atoms with Gasteiger partial charge in [-0.15, -0.1) is 0 Å². The van der Waals surface area contributed by atoms with Gasteiger partial charge in [0.25, 0.3) is 0 Å². The fraction of sp³-hybridized carbons (Fsp3) is 0.769. The van der Waals surface area contributed by atoms with Gasteiger partial charge in [0, 0.05) is 19.8 Å². The van der Waals surface area contributed by atoms with Crippen molar-refractivity contribution in [3.8, 4) is 0 Å². The van der Waals surface area contributed by atoms with Crippen LogP contribution in [-0.2, 0) is 4.74 Å². The summed E-state index contributed by atoms with van der Waals surface area (Å²) in [5, 5.41) is 7.98. The normalized spacial score (nSPS) is 13.2. The van der Waals surface area contributed by atoms with Crippen LogP contribution in [-0.4, -0.2) is 30.0 Å². The van der Waals surface area contributed by atoms with Crippen molar-refractivity contribution in [3.63, 3.8) is 0 Å². The highest BCUT2D eigenvalue weighted by Crippen LogP contribution is 2.28. The molecule has 1 aromatic rings. The Balaban J connectivity index is 2.86. The first kappa shape index (κ1) is 15.7. The Morgan fingerprint density at radius 2 is 2.22 bits per heavy atom. The van der Waals surface area contributed by atoms with Crippen LogP contribution in [0.5, 0.6) is 0 Å². The van der Waals surface area contributed by atoms with Gasteiger partial charge in [-0.25, -0.2) is 0 Å². The van der Waals surface area contributed by atoms with E-state index in [0.29, 0.717) is 12.1 Å². The molecule has 4 nitrogen and oxygen atoms in total. The number of rotatable bonds is 8. The maximum atomic E-state index is 5.13. The molecule has 0 bridgehead atoms. The molecule has 0 fully saturated rings. The molecule has 1 atom stereocenters. The van der Waals surface area contributed by atoms with E-state index < -0.39 is 0 Å². The van der Waals surface area contributed by atoms with Crippen molar-refractivity contribution < 1.29 is 4.74 Å². The summed E-state index contributed by atoms with van der Waals surface area (Å²) in [6.45, 7) is 8.19. The first-order chi connectivity index (χ1) is 8.61. The average molecular weight is 318 g/mol. The van der Waals surface area contributed by atoms with Crippen molar-refractivity contribution in [1.82, 2.24) is 15.1 Å². The molecule has 0 spiro atoms. The van der Waals surface area contributed by atoms with Crippen LogP contribution in [0.15, 0.2) is 10.7 Å². The van der Waals surface area contributed by atoms with Gasteiger partial charge in [0.2, 0.25) is 0 Å². The molecular weight excluding hydrogens is 294 g/mol. The number of halogens is 1. The lowest BCUT2D eigenvalue weighted by atomic mass is 10.1. The fourth-order valence-corrected chi connectivity index (χ4v) is 2.65. The SMILES string of the molecule is CCNC(CCCOC)c1c(Br)cnn1C(C)C. The number of methoxy groups -OCH3 is 1. The number of nitrogens with zero attached hydrogens (tertiary/aromatic N) is 2. The van der Waals surface area contributed by atoms with Crippen LogP contribution < -0.4 is 5.32 Å². The van der Waals surface area contributed by atoms with E-state index in [2.05, 4.69) is 51.8 Å². The molecule has 1 N–H and O–H groups in total. The van der Waals surface area contributed by atoms with E-state index in [1.165, 1.54) is 5.69 Å². The molecule has 18 heavy (non-hydrogen) atoms. The maximum absolute atomic E-state index is 5.13. The van der Waals surface area contributed by atoms with Crippen molar-refractivity contribution in [2.24, 2.45) is 0 Å². The van der Waals surface area contributed by atoms with Crippen LogP contribution in [0.4, 0.5) is 0 Å². The number of nitrogens with one attached hydrogen (secondary N) is 1. The predicted octanol–water partition coefficient (Wildman–Crippen LogP) is 3.30. The molecule has 104 valence electrons. The molecule has 0 saturated heterocycles. The molecule has 0 saturated carbocycles. The van der Waals surface area contributed by atoms with Gasteiger partial charge in [-0.1, -0.05) is 6.92 Å². The lowest BCUT2D eigenvalue weighted by molar-refractivity contribution is 0.188. The second kappa shape index (κ2) is 7.92. The summed E-state index contributed by atoms with van der Waals surface area (Å²) in [6, 6.07) is 0.694. The Morgan fingerprint density at radius 1 is 1.50 bits per heavy atom. The van der Waals surface area contributed by atoms with Crippen LogP contribution in [0.3, 0.4) is 0 Å². The van der Waals surface area contributed by atoms with Gasteiger partial charge < -0.3 is 10.1 Å². The van der Waals surface area contributed by atoms with Gasteiger partial charge in [-0.3, -0.25) is 4.68 Å². The lowest BCUT2D eigenvalue weighted by Crippen LogP contribution is -2.25. The maximum Gasteiger partial charge on any atom is 0.0698 e. The highest BCUT2D eigenvalue weighted by molar-refractivity contribution is 9.10. The van der Waals surface area contributed by atoms with Gasteiger partial charge in [0.1, 0.15) is 0 Å². The smallest absolute Gasteiger partial charge is 0.0698 e. The molecule has 1 unspecified atom stereocenters. The zero-order valence-electron chi connectivity index (χ0n) is 11.7. The summed E-state index contributed by atoms with van der Waals surface area (Å²) in [5.74, 6) is 0. The number of hydrogen-bond donors (Lipinski definition) is 1. The second-order valence-electron chi connectivity index (χ2n) is 4.66. The third-order valence-electron chi connectivity index (χ3n) is 2.90. The summed E-state index contributed by atoms with van der Waals surface area (Å²) >= 11 is 3.61. The Bertz CT molecular complexity index is 352. The van der Waals surface area contributed by atoms with Crippen molar-refractivity contribution >= 4 is 15.9 Å². The van der Waals surface area contributed by atoms with Crippen LogP contribution in [0, 0.1) is 0 Å². The first-order valence-corrected chi connectivity index (χ1v) is 7.36. The van der Waals surface area contributed by atoms with E-state index in [-0.39, 0.29) is 0 Å². The molecule has 1 heterocycles. The molecular formula is C13H24BrN3O. The number of ether oxygens (including phenoxy) is 1. The largest absolute Gasteiger partial charge is 0.385 e. The topological polar surface area (TPSA) is 39.1 Å². The minimum atomic E-state index is 0.324. The number of aromatic nitrogens is 2. The Kier molecular flexibility index (Phi) is 6.89. The van der Waals surface area contributed by atoms with Gasteiger partial charge in [0.05, 0.1) is 22.4 Å². The van der Waals surface area contributed by atoms with E-state index in [4.69, 9.17) is 4.74 Å². The Morgan fingerprint density at radius 3 is 2.78 bits per heavy atom. The summed E-state index contributed by atoms with van der Waals surface area (Å²) in [5.41, 5.74) is 1.24. The molecule has 1 rings (SSSR count). The van der Waals surface area contributed by atoms with Gasteiger partial charge in [0.15, 0.2) is 0 Å². The summed E-state index contributed by atoms with van der Waals surface area (Å²) in [6.07, 6.45) is 3.98. The fourth-order valence-electron chi connectivity index (χ4n) is 2.10. The van der Waals surface area contributed by atoms with E-state index in [1.54, 1.807) is 7.11 Å². The molecule has 0 aromatic carbocycles. The molecule has 0 aliphatic carbocycles. The third kappa shape index (κ3) is 4.07. The predicted molar refractivity (Wildman–Crippen MR) is 77.8 cm³/mol. The minimum Gasteiger partial charge on any atom is -0.385 e. The monoisotopic (exact) mass is 317 g/mol. The summed E-state index contributed by atoms with van der Waals surface area (Å²) < 4.78 is 8.30. The lowest BCUT2D eigenvalue weighted by Gasteiger charge is -2.21. The van der Waals surface area contributed by atoms with E-state index >= 15 is 0 Å². The van der Waals surface area contributed by atoms with E-state index in [1.807, 2.05) is 6.20 Å². The van der Waals surface area contributed by atoms with Crippen LogP contribution in [0.25, 0.3) is 0 Å². The van der Waals surface area contributed by atoms with E-state index in [9.17, 15) is 0 Å². The molecule has 0 amide bonds. The Labute approximate surface area is 118 Å². The zero-order chi connectivity index (χ0) is 13.5. The van der Waals surface area contributed by atoms with Crippen molar-refractivity contribution in [1.29, 1.82) is 0 Å². The molecule has 0 radical (unpaired) electrons. The third-order valence-corrected chi connectivity index (χ3v) is 3.51. The average Bonchev–Trinajstić information content (AvgIpc) is 2.70. The van der Waals surface area contributed by atoms with Gasteiger partial charge >= 0.3 is 0 Å². The Hall–Kier alpha value is -0.390. The van der Waals surface area contributed by atoms with Crippen molar-refractivity contribution in [3.05, 3.63) is 16.4 Å². The summed E-state index contributed by atoms with van der Waals surface area (Å²) in [4.78, 5) is 0. The van der Waals surface area contributed by atoms with Gasteiger partial charge in [-0.05, 0) is 49.2 Å². The van der Waals surface area contributed by atoms with Crippen molar-refractivity contribution in [2.45, 2.75) is 45.7 Å². The van der Waals surface area contributed by atoms with E-state index in [0.717, 1.165) is 30.5 Å². The van der Waals surface area contributed by atoms with Crippen LogP contribution >= 0.6 is 15.9 Å². The number of hydrogen-bond acceptors (Lipinski definition) is 3. The van der Waals surface area contributed by atoms with Crippen molar-refractivity contribution in [2.75, 3.05) is 20.3 Å². The van der Waals surface area contributed by atoms with Gasteiger partial charge in [-0.2, -0.15) is 5.10 Å². The minimum absolute atomic E-state index is 0.324. The second-order valence-corrected chi connectivity index (χ2v) is 5.52. The molecule has 0 aliphatic rings. The highest BCUT2D eigenvalue weighted by Gasteiger charge is 2.20. The highest BCUT2D eigenvalue weighted by atomic mass is 79.9. The first-order valence-electron chi connectivity index (χ1n) is 6.57. The quantitative estimate of drug-likeness (QED) is 0.748. The van der Waals surface area contributed by atoms with Crippen LogP contribution in [0.1, 0.15) is 51.4 Å². The van der Waals surface area contributed by atoms with Crippen LogP contribution in [0.2, 0.25) is 0 Å². The molecule has 5 heteroatoms. The molecule has 1 aromatic heterocycles. The summed E-state index contributed by atoms with van der Waals surface area (Å²) in [7, 11) is 1.75. The zero-order valence-corrected chi connectivity index (χ0v) is 13.3. The standard InChI is InChI=1S/C13H24BrN3O/c1-5-15-12(7-6-8-18-4)13-11(14)9-16-17(13)10(2)3/h9-10,12,15H,5-8H2,1-4H3. The molecule has 0 aliphatic heterocycles.